The zero-order chi connectivity index (χ0) is 15.8. The molecule has 0 aliphatic carbocycles. The van der Waals surface area contributed by atoms with Crippen molar-refractivity contribution >= 4 is 11.9 Å². The van der Waals surface area contributed by atoms with Gasteiger partial charge in [-0.15, -0.1) is 0 Å². The number of aromatic nitrogens is 2. The normalized spacial score (nSPS) is 11.4. The number of carbonyl (C=O) groups is 2. The lowest BCUT2D eigenvalue weighted by Crippen LogP contribution is -2.17. The van der Waals surface area contributed by atoms with Crippen molar-refractivity contribution < 1.29 is 19.8 Å². The molecule has 2 rings (SSSR count). The van der Waals surface area contributed by atoms with Gasteiger partial charge in [0.1, 0.15) is 0 Å². The van der Waals surface area contributed by atoms with E-state index in [4.69, 9.17) is 10.2 Å². The molecular weight excluding hydrogens is 272 g/mol. The van der Waals surface area contributed by atoms with Crippen molar-refractivity contribution in [3.8, 4) is 5.69 Å². The van der Waals surface area contributed by atoms with E-state index in [1.165, 1.54) is 22.9 Å². The van der Waals surface area contributed by atoms with Crippen molar-refractivity contribution in [2.75, 3.05) is 0 Å². The third-order valence-corrected chi connectivity index (χ3v) is 3.06. The minimum atomic E-state index is -1.10. The van der Waals surface area contributed by atoms with Gasteiger partial charge in [-0.05, 0) is 30.3 Å². The zero-order valence-electron chi connectivity index (χ0n) is 12.0. The molecule has 0 radical (unpaired) electrons. The van der Waals surface area contributed by atoms with Gasteiger partial charge >= 0.3 is 11.9 Å². The number of nitrogens with zero attached hydrogens (tertiary/aromatic N) is 2. The van der Waals surface area contributed by atoms with Crippen molar-refractivity contribution in [3.63, 3.8) is 0 Å². The Labute approximate surface area is 121 Å². The topological polar surface area (TPSA) is 92.4 Å². The van der Waals surface area contributed by atoms with Crippen LogP contribution in [0.5, 0.6) is 0 Å². The molecule has 0 aliphatic rings. The van der Waals surface area contributed by atoms with Crippen LogP contribution in [-0.2, 0) is 5.41 Å². The molecule has 2 N–H and O–H groups in total. The average Bonchev–Trinajstić information content (AvgIpc) is 2.84. The first kappa shape index (κ1) is 14.8. The van der Waals surface area contributed by atoms with Crippen molar-refractivity contribution in [1.29, 1.82) is 0 Å². The van der Waals surface area contributed by atoms with E-state index in [9.17, 15) is 9.59 Å². The Bertz CT molecular complexity index is 693. The van der Waals surface area contributed by atoms with Crippen molar-refractivity contribution in [2.24, 2.45) is 0 Å². The molecule has 0 saturated heterocycles. The number of aromatic carboxylic acids is 2. The van der Waals surface area contributed by atoms with Crippen LogP contribution < -0.4 is 0 Å². The lowest BCUT2D eigenvalue weighted by Gasteiger charge is -2.20. The van der Waals surface area contributed by atoms with Gasteiger partial charge in [-0.3, -0.25) is 0 Å². The van der Waals surface area contributed by atoms with Crippen molar-refractivity contribution in [1.82, 2.24) is 9.78 Å². The van der Waals surface area contributed by atoms with Gasteiger partial charge in [0.05, 0.1) is 16.9 Å². The minimum absolute atomic E-state index is 0.0396. The summed E-state index contributed by atoms with van der Waals surface area (Å²) in [5, 5.41) is 22.1. The van der Waals surface area contributed by atoms with Gasteiger partial charge in [0.15, 0.2) is 5.69 Å². The maximum atomic E-state index is 11.1. The van der Waals surface area contributed by atoms with Gasteiger partial charge in [0, 0.05) is 5.41 Å². The van der Waals surface area contributed by atoms with E-state index in [1.54, 1.807) is 12.1 Å². The SMILES string of the molecule is CC(C)(C)c1cc(C(=O)O)nn1-c1ccc(C(=O)O)cc1. The maximum absolute atomic E-state index is 11.1. The summed E-state index contributed by atoms with van der Waals surface area (Å²) in [6.45, 7) is 5.87. The van der Waals surface area contributed by atoms with E-state index >= 15 is 0 Å². The van der Waals surface area contributed by atoms with Gasteiger partial charge in [-0.25, -0.2) is 14.3 Å². The number of carboxylic acid groups (broad SMARTS) is 2. The predicted octanol–water partition coefficient (Wildman–Crippen LogP) is 2.57. The molecule has 6 nitrogen and oxygen atoms in total. The summed E-state index contributed by atoms with van der Waals surface area (Å²) in [4.78, 5) is 22.0. The van der Waals surface area contributed by atoms with Gasteiger partial charge in [-0.2, -0.15) is 5.10 Å². The zero-order valence-corrected chi connectivity index (χ0v) is 12.0. The third kappa shape index (κ3) is 2.94. The monoisotopic (exact) mass is 288 g/mol. The molecule has 0 atom stereocenters. The molecule has 1 aromatic carbocycles. The summed E-state index contributed by atoms with van der Waals surface area (Å²) in [7, 11) is 0. The first-order chi connectivity index (χ1) is 9.70. The fourth-order valence-corrected chi connectivity index (χ4v) is 1.96. The Balaban J connectivity index is 2.56. The predicted molar refractivity (Wildman–Crippen MR) is 76.2 cm³/mol. The second kappa shape index (κ2) is 5.05. The number of rotatable bonds is 3. The number of benzene rings is 1. The van der Waals surface area contributed by atoms with Crippen molar-refractivity contribution in [3.05, 3.63) is 47.3 Å². The fraction of sp³-hybridized carbons (Fsp3) is 0.267. The minimum Gasteiger partial charge on any atom is -0.478 e. The molecule has 0 fully saturated rings. The smallest absolute Gasteiger partial charge is 0.356 e. The standard InChI is InChI=1S/C15H16N2O4/c1-15(2,3)12-8-11(14(20)21)16-17(12)10-6-4-9(5-7-10)13(18)19/h4-8H,1-3H3,(H,18,19)(H,20,21). The van der Waals surface area contributed by atoms with Crippen LogP contribution in [-0.4, -0.2) is 31.9 Å². The molecule has 1 heterocycles. The van der Waals surface area contributed by atoms with Crippen LogP contribution in [0, 0.1) is 0 Å². The van der Waals surface area contributed by atoms with E-state index in [-0.39, 0.29) is 16.7 Å². The lowest BCUT2D eigenvalue weighted by molar-refractivity contribution is 0.0682. The first-order valence-corrected chi connectivity index (χ1v) is 6.37. The van der Waals surface area contributed by atoms with E-state index in [0.29, 0.717) is 5.69 Å². The quantitative estimate of drug-likeness (QED) is 0.905. The molecule has 2 aromatic rings. The Morgan fingerprint density at radius 3 is 2.05 bits per heavy atom. The van der Waals surface area contributed by atoms with E-state index in [2.05, 4.69) is 5.10 Å². The van der Waals surface area contributed by atoms with Gasteiger partial charge in [0.25, 0.3) is 0 Å². The molecule has 21 heavy (non-hydrogen) atoms. The Morgan fingerprint density at radius 2 is 1.62 bits per heavy atom. The summed E-state index contributed by atoms with van der Waals surface area (Å²) >= 11 is 0. The Kier molecular flexibility index (Phi) is 3.55. The fourth-order valence-electron chi connectivity index (χ4n) is 1.96. The van der Waals surface area contributed by atoms with E-state index in [0.717, 1.165) is 5.69 Å². The van der Waals surface area contributed by atoms with Crippen LogP contribution in [0.2, 0.25) is 0 Å². The highest BCUT2D eigenvalue weighted by molar-refractivity contribution is 5.88. The molecule has 1 aromatic heterocycles. The Hall–Kier alpha value is -2.63. The molecule has 110 valence electrons. The van der Waals surface area contributed by atoms with Gasteiger partial charge < -0.3 is 10.2 Å². The lowest BCUT2D eigenvalue weighted by atomic mass is 9.91. The van der Waals surface area contributed by atoms with Crippen LogP contribution in [0.4, 0.5) is 0 Å². The number of hydrogen-bond donors (Lipinski definition) is 2. The van der Waals surface area contributed by atoms with Crippen LogP contribution in [0.15, 0.2) is 30.3 Å². The largest absolute Gasteiger partial charge is 0.478 e. The second-order valence-electron chi connectivity index (χ2n) is 5.73. The molecule has 0 bridgehead atoms. The van der Waals surface area contributed by atoms with Crippen molar-refractivity contribution in [2.45, 2.75) is 26.2 Å². The molecule has 6 heteroatoms. The highest BCUT2D eigenvalue weighted by Crippen LogP contribution is 2.26. The molecule has 0 aliphatic heterocycles. The summed E-state index contributed by atoms with van der Waals surface area (Å²) in [5.41, 5.74) is 1.19. The Morgan fingerprint density at radius 1 is 1.05 bits per heavy atom. The van der Waals surface area contributed by atoms with Gasteiger partial charge in [-0.1, -0.05) is 20.8 Å². The van der Waals surface area contributed by atoms with Crippen LogP contribution >= 0.6 is 0 Å². The molecule has 0 amide bonds. The van der Waals surface area contributed by atoms with Crippen LogP contribution in [0.3, 0.4) is 0 Å². The third-order valence-electron chi connectivity index (χ3n) is 3.06. The molecule has 0 spiro atoms. The summed E-state index contributed by atoms with van der Waals surface area (Å²) in [6, 6.07) is 7.68. The van der Waals surface area contributed by atoms with Gasteiger partial charge in [0.2, 0.25) is 0 Å². The summed E-state index contributed by atoms with van der Waals surface area (Å²) in [5.74, 6) is -2.11. The summed E-state index contributed by atoms with van der Waals surface area (Å²) < 4.78 is 1.54. The second-order valence-corrected chi connectivity index (χ2v) is 5.73. The maximum Gasteiger partial charge on any atom is 0.356 e. The van der Waals surface area contributed by atoms with E-state index < -0.39 is 11.9 Å². The molecule has 0 unspecified atom stereocenters. The molecular formula is C15H16N2O4. The highest BCUT2D eigenvalue weighted by atomic mass is 16.4. The van der Waals surface area contributed by atoms with E-state index in [1.807, 2.05) is 20.8 Å². The van der Waals surface area contributed by atoms with Crippen LogP contribution in [0.25, 0.3) is 5.69 Å². The number of hydrogen-bond acceptors (Lipinski definition) is 3. The molecule has 0 saturated carbocycles. The summed E-state index contributed by atoms with van der Waals surface area (Å²) in [6.07, 6.45) is 0. The average molecular weight is 288 g/mol. The highest BCUT2D eigenvalue weighted by Gasteiger charge is 2.24. The van der Waals surface area contributed by atoms with Crippen LogP contribution in [0.1, 0.15) is 47.3 Å². The first-order valence-electron chi connectivity index (χ1n) is 6.37. The number of carboxylic acids is 2.